The molecule has 4 rings (SSSR count). The normalized spacial score (nSPS) is 15.3. The Labute approximate surface area is 221 Å². The van der Waals surface area contributed by atoms with Crippen LogP contribution in [0.25, 0.3) is 10.9 Å². The van der Waals surface area contributed by atoms with Crippen molar-refractivity contribution in [3.8, 4) is 11.5 Å². The molecular formula is C25H28BrFN4O6. The monoisotopic (exact) mass is 578 g/mol. The Hall–Kier alpha value is -3.06. The Kier molecular flexibility index (Phi) is 9.09. The van der Waals surface area contributed by atoms with Crippen LogP contribution < -0.4 is 14.8 Å². The number of hydrogen-bond donors (Lipinski definition) is 3. The summed E-state index contributed by atoms with van der Waals surface area (Å²) in [4.78, 5) is 22.4. The highest BCUT2D eigenvalue weighted by Gasteiger charge is 2.22. The zero-order chi connectivity index (χ0) is 26.4. The van der Waals surface area contributed by atoms with Crippen LogP contribution in [0.3, 0.4) is 0 Å². The molecule has 0 spiro atoms. The van der Waals surface area contributed by atoms with Crippen molar-refractivity contribution in [2.24, 2.45) is 0 Å². The van der Waals surface area contributed by atoms with Gasteiger partial charge in [-0.25, -0.2) is 14.4 Å². The third-order valence-electron chi connectivity index (χ3n) is 5.85. The number of hydrogen-bond acceptors (Lipinski definition) is 9. The zero-order valence-corrected chi connectivity index (χ0v) is 21.8. The Balaban J connectivity index is 1.40. The van der Waals surface area contributed by atoms with Gasteiger partial charge < -0.3 is 34.6 Å². The van der Waals surface area contributed by atoms with Crippen LogP contribution in [-0.4, -0.2) is 83.2 Å². The molecule has 1 amide bonds. The van der Waals surface area contributed by atoms with Crippen molar-refractivity contribution >= 4 is 44.2 Å². The first-order valence-corrected chi connectivity index (χ1v) is 12.5. The van der Waals surface area contributed by atoms with Crippen molar-refractivity contribution in [1.29, 1.82) is 0 Å². The fraction of sp³-hybridized carbons (Fsp3) is 0.400. The van der Waals surface area contributed by atoms with E-state index < -0.39 is 18.0 Å². The van der Waals surface area contributed by atoms with E-state index in [2.05, 4.69) is 31.2 Å². The molecule has 0 saturated carbocycles. The number of methoxy groups -OCH3 is 1. The maximum absolute atomic E-state index is 14.3. The van der Waals surface area contributed by atoms with Crippen LogP contribution in [0.1, 0.15) is 12.8 Å². The molecule has 2 heterocycles. The number of ether oxygens (including phenoxy) is 3. The van der Waals surface area contributed by atoms with Gasteiger partial charge in [-0.2, -0.15) is 0 Å². The minimum Gasteiger partial charge on any atom is -0.493 e. The molecule has 2 unspecified atom stereocenters. The molecule has 1 fully saturated rings. The standard InChI is InChI=1S/C25H28BrFN4O6/c1-35-22-11-18-21(28-14-29-25(18)30-20-3-2-15(26)8-19(20)27)12-23(22)37-13-17(33)9-16(32)10-24(34)31-4-6-36-7-5-31/h2-3,8,11-12,14,16-17,32-33H,4-7,9-10,13H2,1H3,(H,28,29,30). The van der Waals surface area contributed by atoms with E-state index in [-0.39, 0.29) is 31.0 Å². The quantitative estimate of drug-likeness (QED) is 0.332. The van der Waals surface area contributed by atoms with E-state index in [9.17, 15) is 19.4 Å². The second-order valence-electron chi connectivity index (χ2n) is 8.54. The maximum Gasteiger partial charge on any atom is 0.225 e. The van der Waals surface area contributed by atoms with Crippen molar-refractivity contribution in [3.63, 3.8) is 0 Å². The highest BCUT2D eigenvalue weighted by Crippen LogP contribution is 2.35. The minimum atomic E-state index is -1.02. The summed E-state index contributed by atoms with van der Waals surface area (Å²) in [5.74, 6) is 0.441. The summed E-state index contributed by atoms with van der Waals surface area (Å²) in [5.41, 5.74) is 0.757. The number of fused-ring (bicyclic) bond motifs is 1. The van der Waals surface area contributed by atoms with Crippen LogP contribution in [0.15, 0.2) is 41.1 Å². The fourth-order valence-electron chi connectivity index (χ4n) is 3.95. The number of nitrogens with zero attached hydrogens (tertiary/aromatic N) is 3. The first kappa shape index (κ1) is 27.0. The third kappa shape index (κ3) is 7.04. The minimum absolute atomic E-state index is 0.0268. The Morgan fingerprint density at radius 1 is 1.19 bits per heavy atom. The SMILES string of the molecule is COc1cc2c(Nc3ccc(Br)cc3F)ncnc2cc1OCC(O)CC(O)CC(=O)N1CCOCC1. The lowest BCUT2D eigenvalue weighted by Gasteiger charge is -2.28. The molecule has 10 nitrogen and oxygen atoms in total. The summed E-state index contributed by atoms with van der Waals surface area (Å²) < 4.78 is 31.4. The number of amides is 1. The second kappa shape index (κ2) is 12.5. The predicted octanol–water partition coefficient (Wildman–Crippen LogP) is 3.02. The molecule has 1 aromatic heterocycles. The molecule has 3 aromatic rings. The number of aliphatic hydroxyl groups is 2. The summed E-state index contributed by atoms with van der Waals surface area (Å²) in [6.45, 7) is 1.83. The van der Waals surface area contributed by atoms with Crippen LogP contribution in [0.5, 0.6) is 11.5 Å². The molecule has 0 bridgehead atoms. The van der Waals surface area contributed by atoms with Crippen molar-refractivity contribution in [1.82, 2.24) is 14.9 Å². The molecule has 37 heavy (non-hydrogen) atoms. The summed E-state index contributed by atoms with van der Waals surface area (Å²) in [5, 5.41) is 24.2. The number of rotatable bonds is 10. The number of anilines is 2. The molecule has 198 valence electrons. The van der Waals surface area contributed by atoms with Gasteiger partial charge in [-0.3, -0.25) is 4.79 Å². The Bertz CT molecular complexity index is 1240. The second-order valence-corrected chi connectivity index (χ2v) is 9.46. The van der Waals surface area contributed by atoms with Crippen molar-refractivity contribution in [2.75, 3.05) is 45.3 Å². The van der Waals surface area contributed by atoms with Gasteiger partial charge in [-0.1, -0.05) is 15.9 Å². The summed E-state index contributed by atoms with van der Waals surface area (Å²) in [7, 11) is 1.47. The number of carbonyl (C=O) groups excluding carboxylic acids is 1. The number of nitrogens with one attached hydrogen (secondary N) is 1. The molecule has 1 saturated heterocycles. The van der Waals surface area contributed by atoms with Crippen LogP contribution in [0.4, 0.5) is 15.9 Å². The third-order valence-corrected chi connectivity index (χ3v) is 6.35. The lowest BCUT2D eigenvalue weighted by Crippen LogP contribution is -2.42. The number of carbonyl (C=O) groups is 1. The molecule has 3 N–H and O–H groups in total. The lowest BCUT2D eigenvalue weighted by atomic mass is 10.1. The van der Waals surface area contributed by atoms with Crippen molar-refractivity contribution in [3.05, 3.63) is 46.9 Å². The largest absolute Gasteiger partial charge is 0.493 e. The van der Waals surface area contributed by atoms with Gasteiger partial charge in [0.05, 0.1) is 50.2 Å². The number of benzene rings is 2. The van der Waals surface area contributed by atoms with Crippen LogP contribution in [0, 0.1) is 5.82 Å². The first-order valence-electron chi connectivity index (χ1n) is 11.7. The average Bonchev–Trinajstić information content (AvgIpc) is 2.89. The van der Waals surface area contributed by atoms with Gasteiger partial charge in [-0.15, -0.1) is 0 Å². The molecule has 0 radical (unpaired) electrons. The van der Waals surface area contributed by atoms with E-state index in [1.807, 2.05) is 0 Å². The zero-order valence-electron chi connectivity index (χ0n) is 20.2. The molecule has 0 aliphatic carbocycles. The summed E-state index contributed by atoms with van der Waals surface area (Å²) in [6.07, 6.45) is -0.791. The number of morpholine rings is 1. The molecule has 1 aliphatic heterocycles. The van der Waals surface area contributed by atoms with E-state index >= 15 is 0 Å². The number of aliphatic hydroxyl groups excluding tert-OH is 2. The van der Waals surface area contributed by atoms with E-state index in [0.717, 1.165) is 0 Å². The van der Waals surface area contributed by atoms with E-state index in [4.69, 9.17) is 14.2 Å². The Morgan fingerprint density at radius 3 is 2.70 bits per heavy atom. The van der Waals surface area contributed by atoms with Crippen molar-refractivity contribution < 1.29 is 33.6 Å². The van der Waals surface area contributed by atoms with Crippen LogP contribution in [0.2, 0.25) is 0 Å². The first-order chi connectivity index (χ1) is 17.8. The van der Waals surface area contributed by atoms with Gasteiger partial charge in [0, 0.05) is 35.4 Å². The predicted molar refractivity (Wildman–Crippen MR) is 138 cm³/mol. The highest BCUT2D eigenvalue weighted by atomic mass is 79.9. The van der Waals surface area contributed by atoms with E-state index in [0.29, 0.717) is 59.0 Å². The molecule has 12 heteroatoms. The van der Waals surface area contributed by atoms with Gasteiger partial charge in [0.15, 0.2) is 11.5 Å². The summed E-state index contributed by atoms with van der Waals surface area (Å²) >= 11 is 3.24. The van der Waals surface area contributed by atoms with Gasteiger partial charge >= 0.3 is 0 Å². The molecule has 1 aliphatic rings. The summed E-state index contributed by atoms with van der Waals surface area (Å²) in [6, 6.07) is 7.93. The molecule has 2 aromatic carbocycles. The van der Waals surface area contributed by atoms with Gasteiger partial charge in [0.25, 0.3) is 0 Å². The van der Waals surface area contributed by atoms with Crippen LogP contribution in [-0.2, 0) is 9.53 Å². The average molecular weight is 579 g/mol. The van der Waals surface area contributed by atoms with Gasteiger partial charge in [0.1, 0.15) is 24.6 Å². The maximum atomic E-state index is 14.3. The van der Waals surface area contributed by atoms with E-state index in [1.165, 1.54) is 19.5 Å². The highest BCUT2D eigenvalue weighted by molar-refractivity contribution is 9.10. The van der Waals surface area contributed by atoms with E-state index in [1.54, 1.807) is 29.2 Å². The van der Waals surface area contributed by atoms with Gasteiger partial charge in [0.2, 0.25) is 5.91 Å². The van der Waals surface area contributed by atoms with Crippen LogP contribution >= 0.6 is 15.9 Å². The fourth-order valence-corrected chi connectivity index (χ4v) is 4.28. The lowest BCUT2D eigenvalue weighted by molar-refractivity contribution is -0.137. The molecular weight excluding hydrogens is 551 g/mol. The molecule has 2 atom stereocenters. The van der Waals surface area contributed by atoms with Crippen molar-refractivity contribution in [2.45, 2.75) is 25.0 Å². The number of halogens is 2. The van der Waals surface area contributed by atoms with Gasteiger partial charge in [-0.05, 0) is 24.3 Å². The topological polar surface area (TPSA) is 126 Å². The Morgan fingerprint density at radius 2 is 1.97 bits per heavy atom. The smallest absolute Gasteiger partial charge is 0.225 e. The number of aromatic nitrogens is 2.